The number of hydrogen-bond donors (Lipinski definition) is 3. The lowest BCUT2D eigenvalue weighted by Gasteiger charge is -2.27. The Morgan fingerprint density at radius 1 is 0.741 bits per heavy atom. The molecular weight excluding hydrogens is 1050 g/mol. The summed E-state index contributed by atoms with van der Waals surface area (Å²) < 4.78 is 60.7. The normalized spacial score (nSPS) is 15.9. The van der Waals surface area contributed by atoms with Crippen LogP contribution in [0.5, 0.6) is 0 Å². The van der Waals surface area contributed by atoms with Crippen molar-refractivity contribution in [1.29, 1.82) is 0 Å². The molecule has 2 heterocycles. The SMILES string of the molecule is CC(=O)[C@@H](C)N(C)CCCCCCNC(N)=NCCCCCCCC(=O)CCOCCOCCOCCOCCNC(=O)CCCCCN1C(=CC=CC=CC2=[N+](C)c3ccc(C)cc3C2(C)C)C(C)(C)c2cc(S(=O)(=O)[O-])ccc21. The van der Waals surface area contributed by atoms with E-state index in [-0.39, 0.29) is 33.8 Å². The molecule has 0 spiro atoms. The summed E-state index contributed by atoms with van der Waals surface area (Å²) in [5.74, 6) is 0.905. The Morgan fingerprint density at radius 2 is 1.37 bits per heavy atom. The number of rotatable bonds is 42. The summed E-state index contributed by atoms with van der Waals surface area (Å²) in [6, 6.07) is 11.2. The van der Waals surface area contributed by atoms with Crippen molar-refractivity contribution in [2.75, 3.05) is 105 Å². The van der Waals surface area contributed by atoms with E-state index in [1.165, 1.54) is 34.7 Å². The molecule has 2 aliphatic heterocycles. The van der Waals surface area contributed by atoms with Gasteiger partial charge in [-0.15, -0.1) is 0 Å². The molecule has 0 saturated carbocycles. The second-order valence-corrected chi connectivity index (χ2v) is 24.0. The van der Waals surface area contributed by atoms with E-state index in [2.05, 4.69) is 94.2 Å². The van der Waals surface area contributed by atoms with Gasteiger partial charge in [-0.1, -0.05) is 82.2 Å². The van der Waals surface area contributed by atoms with Gasteiger partial charge in [0.2, 0.25) is 11.6 Å². The van der Waals surface area contributed by atoms with Gasteiger partial charge in [-0.05, 0) is 123 Å². The van der Waals surface area contributed by atoms with E-state index in [4.69, 9.17) is 24.7 Å². The molecule has 0 aromatic heterocycles. The summed E-state index contributed by atoms with van der Waals surface area (Å²) in [5, 5.41) is 6.13. The van der Waals surface area contributed by atoms with Gasteiger partial charge < -0.3 is 44.8 Å². The predicted octanol–water partition coefficient (Wildman–Crippen LogP) is 9.12. The van der Waals surface area contributed by atoms with Gasteiger partial charge in [-0.3, -0.25) is 24.3 Å². The average molecular weight is 1150 g/mol. The fourth-order valence-corrected chi connectivity index (χ4v) is 10.8. The molecule has 1 atom stereocenters. The van der Waals surface area contributed by atoms with Crippen molar-refractivity contribution in [2.24, 2.45) is 10.7 Å². The highest BCUT2D eigenvalue weighted by Gasteiger charge is 2.43. The first-order chi connectivity index (χ1) is 38.7. The summed E-state index contributed by atoms with van der Waals surface area (Å²) in [4.78, 5) is 44.9. The van der Waals surface area contributed by atoms with Gasteiger partial charge in [0.25, 0.3) is 0 Å². The number of nitrogens with zero attached hydrogens (tertiary/aromatic N) is 4. The number of amides is 1. The van der Waals surface area contributed by atoms with Gasteiger partial charge in [0.15, 0.2) is 11.7 Å². The Bertz CT molecular complexity index is 2570. The molecule has 0 saturated heterocycles. The molecule has 1 amide bonds. The highest BCUT2D eigenvalue weighted by molar-refractivity contribution is 7.85. The number of ketones is 2. The zero-order valence-electron chi connectivity index (χ0n) is 50.6. The fraction of sp³-hybridized carbons (Fsp3) is 0.635. The van der Waals surface area contributed by atoms with Crippen LogP contribution in [0.3, 0.4) is 0 Å². The number of unbranched alkanes of at least 4 members (excludes halogenated alkanes) is 9. The molecule has 4 rings (SSSR count). The molecule has 2 aromatic carbocycles. The Labute approximate surface area is 486 Å². The summed E-state index contributed by atoms with van der Waals surface area (Å²) in [6.45, 7) is 21.1. The number of guanidine groups is 1. The highest BCUT2D eigenvalue weighted by atomic mass is 32.2. The van der Waals surface area contributed by atoms with Crippen molar-refractivity contribution < 1.29 is 50.9 Å². The van der Waals surface area contributed by atoms with Crippen LogP contribution in [-0.4, -0.2) is 157 Å². The molecule has 17 nitrogen and oxygen atoms in total. The van der Waals surface area contributed by atoms with Gasteiger partial charge >= 0.3 is 0 Å². The number of Topliss-reactive ketones (excluding diaryl/α,β-unsaturated/α-hetero) is 2. The van der Waals surface area contributed by atoms with Crippen molar-refractivity contribution in [3.05, 3.63) is 89.2 Å². The standard InChI is InChI=1S/C63H99N7O10S/c1-49-29-31-56-54(47-49)62(4,5)58(69(56)9)26-18-15-19-27-59-63(6,7)55-48-53(81(74,75)76)30-32-57(55)70(59)38-24-16-20-28-60(73)65-36-40-78-42-44-80-46-45-79-43-41-77-39-33-52(72)25-17-11-10-12-21-34-66-61(64)67-35-22-13-14-23-37-68(8)50(2)51(3)71/h15,18-19,26-27,29-32,47-48,50H,10-14,16-17,20-25,28,33-46H2,1-9H3,(H4-,64,65,66,67,73,74,75,76)/t50-/m1/s1. The molecule has 0 unspecified atom stereocenters. The second kappa shape index (κ2) is 35.8. The Morgan fingerprint density at radius 3 is 2.07 bits per heavy atom. The van der Waals surface area contributed by atoms with E-state index < -0.39 is 15.5 Å². The van der Waals surface area contributed by atoms with E-state index in [1.807, 2.05) is 40.0 Å². The van der Waals surface area contributed by atoms with Crippen LogP contribution in [0.15, 0.2) is 82.4 Å². The van der Waals surface area contributed by atoms with Crippen LogP contribution in [0.4, 0.5) is 11.4 Å². The number of hydrogen-bond acceptors (Lipinski definition) is 13. The number of allylic oxidation sites excluding steroid dienone is 6. The average Bonchev–Trinajstić information content (AvgIpc) is 3.99. The molecule has 2 aromatic rings. The maximum Gasteiger partial charge on any atom is 0.220 e. The van der Waals surface area contributed by atoms with Crippen LogP contribution in [-0.2, 0) is 54.3 Å². The van der Waals surface area contributed by atoms with Crippen molar-refractivity contribution in [3.63, 3.8) is 0 Å². The third-order valence-corrected chi connectivity index (χ3v) is 16.3. The van der Waals surface area contributed by atoms with E-state index in [0.717, 1.165) is 101 Å². The number of nitrogens with one attached hydrogen (secondary N) is 2. The first kappa shape index (κ1) is 68.4. The van der Waals surface area contributed by atoms with Crippen molar-refractivity contribution in [1.82, 2.24) is 15.5 Å². The van der Waals surface area contributed by atoms with Gasteiger partial charge in [0, 0.05) is 79.9 Å². The minimum Gasteiger partial charge on any atom is -0.744 e. The number of aryl methyl sites for hydroxylation is 1. The molecule has 81 heavy (non-hydrogen) atoms. The number of benzene rings is 2. The topological polar surface area (TPSA) is 217 Å². The van der Waals surface area contributed by atoms with Gasteiger partial charge in [-0.25, -0.2) is 8.42 Å². The van der Waals surface area contributed by atoms with E-state index in [0.29, 0.717) is 104 Å². The minimum atomic E-state index is -4.63. The zero-order chi connectivity index (χ0) is 59.3. The van der Waals surface area contributed by atoms with Crippen LogP contribution in [0, 0.1) is 6.92 Å². The Balaban J connectivity index is 0.964. The van der Waals surface area contributed by atoms with Gasteiger partial charge in [0.05, 0.1) is 69.2 Å². The number of ether oxygens (including phenoxy) is 4. The lowest BCUT2D eigenvalue weighted by molar-refractivity contribution is -0.401. The number of nitrogens with two attached hydrogens (primary N) is 1. The number of likely N-dealkylation sites (N-methyl/N-ethyl adjacent to an activating group) is 1. The van der Waals surface area contributed by atoms with Crippen LogP contribution in [0.1, 0.15) is 155 Å². The van der Waals surface area contributed by atoms with E-state index in [1.54, 1.807) is 13.0 Å². The van der Waals surface area contributed by atoms with Crippen LogP contribution < -0.4 is 21.3 Å². The van der Waals surface area contributed by atoms with E-state index in [9.17, 15) is 27.4 Å². The minimum absolute atomic E-state index is 0.0178. The summed E-state index contributed by atoms with van der Waals surface area (Å²) in [6.07, 6.45) is 23.4. The molecule has 4 N–H and O–H groups in total. The first-order valence-corrected chi connectivity index (χ1v) is 31.1. The third-order valence-electron chi connectivity index (χ3n) is 15.5. The zero-order valence-corrected chi connectivity index (χ0v) is 51.4. The van der Waals surface area contributed by atoms with Gasteiger partial charge in [-0.2, -0.15) is 4.58 Å². The van der Waals surface area contributed by atoms with E-state index >= 15 is 0 Å². The van der Waals surface area contributed by atoms with Crippen LogP contribution in [0.25, 0.3) is 0 Å². The number of aliphatic imine (C=N–C) groups is 1. The molecule has 0 radical (unpaired) electrons. The molecule has 0 fully saturated rings. The summed E-state index contributed by atoms with van der Waals surface area (Å²) in [7, 11) is -0.526. The predicted molar refractivity (Wildman–Crippen MR) is 324 cm³/mol. The lowest BCUT2D eigenvalue weighted by Crippen LogP contribution is -2.35. The Hall–Kier alpha value is -5.08. The largest absolute Gasteiger partial charge is 0.744 e. The molecule has 18 heteroatoms. The first-order valence-electron chi connectivity index (χ1n) is 29.7. The molecular formula is C63H99N7O10S. The maximum absolute atomic E-state index is 12.6. The molecule has 2 aliphatic rings. The molecule has 0 aliphatic carbocycles. The quantitative estimate of drug-likeness (QED) is 0.0141. The second-order valence-electron chi connectivity index (χ2n) is 22.6. The lowest BCUT2D eigenvalue weighted by atomic mass is 9.81. The number of anilines is 1. The monoisotopic (exact) mass is 1150 g/mol. The third kappa shape index (κ3) is 23.6. The summed E-state index contributed by atoms with van der Waals surface area (Å²) in [5.41, 5.74) is 12.9. The number of fused-ring (bicyclic) bond motifs is 2. The summed E-state index contributed by atoms with van der Waals surface area (Å²) >= 11 is 0. The van der Waals surface area contributed by atoms with Crippen LogP contribution >= 0.6 is 0 Å². The highest BCUT2D eigenvalue weighted by Crippen LogP contribution is 2.48. The Kier molecular flexibility index (Phi) is 30.2. The fourth-order valence-electron chi connectivity index (χ4n) is 10.3. The number of carbonyl (C=O) groups excluding carboxylic acids is 3. The van der Waals surface area contributed by atoms with Crippen molar-refractivity contribution >= 4 is 50.6 Å². The van der Waals surface area contributed by atoms with Crippen LogP contribution in [0.2, 0.25) is 0 Å². The van der Waals surface area contributed by atoms with Crippen molar-refractivity contribution in [2.45, 2.75) is 167 Å². The molecule has 0 bridgehead atoms. The smallest absolute Gasteiger partial charge is 0.220 e. The van der Waals surface area contributed by atoms with Crippen molar-refractivity contribution in [3.8, 4) is 0 Å². The maximum atomic E-state index is 12.6. The van der Waals surface area contributed by atoms with Gasteiger partial charge in [0.1, 0.15) is 28.7 Å². The number of carbonyl (C=O) groups is 3. The molecule has 452 valence electrons.